The van der Waals surface area contributed by atoms with E-state index in [2.05, 4.69) is 34.7 Å². The Morgan fingerprint density at radius 2 is 1.96 bits per heavy atom. The van der Waals surface area contributed by atoms with Crippen LogP contribution in [0.1, 0.15) is 50.4 Å². The average Bonchev–Trinajstić information content (AvgIpc) is 3.20. The number of esters is 1. The van der Waals surface area contributed by atoms with Crippen LogP contribution in [0.4, 0.5) is 0 Å². The van der Waals surface area contributed by atoms with Gasteiger partial charge < -0.3 is 10.1 Å². The zero-order valence-electron chi connectivity index (χ0n) is 15.8. The molecule has 1 aliphatic carbocycles. The number of rotatable bonds is 5. The van der Waals surface area contributed by atoms with E-state index in [1.807, 2.05) is 0 Å². The molecule has 1 N–H and O–H groups in total. The second-order valence-electron chi connectivity index (χ2n) is 7.23. The summed E-state index contributed by atoms with van der Waals surface area (Å²) in [6.07, 6.45) is 3.89. The fourth-order valence-electron chi connectivity index (χ4n) is 3.40. The molecule has 8 heteroatoms. The van der Waals surface area contributed by atoms with Crippen molar-refractivity contribution in [2.75, 3.05) is 0 Å². The molecule has 4 atom stereocenters. The lowest BCUT2D eigenvalue weighted by molar-refractivity contribution is -0.130. The smallest absolute Gasteiger partial charge is 0.338 e. The summed E-state index contributed by atoms with van der Waals surface area (Å²) >= 11 is 0. The summed E-state index contributed by atoms with van der Waals surface area (Å²) in [6, 6.07) is 6.80. The Morgan fingerprint density at radius 1 is 1.22 bits per heavy atom. The van der Waals surface area contributed by atoms with Crippen molar-refractivity contribution in [3.8, 4) is 5.69 Å². The van der Waals surface area contributed by atoms with Gasteiger partial charge in [-0.15, -0.1) is 5.10 Å². The molecule has 0 unspecified atom stereocenters. The van der Waals surface area contributed by atoms with Crippen LogP contribution in [0.2, 0.25) is 0 Å². The average molecular weight is 371 g/mol. The fraction of sp³-hybridized carbons (Fsp3) is 0.526. The number of hydrogen-bond donors (Lipinski definition) is 1. The molecule has 1 fully saturated rings. The van der Waals surface area contributed by atoms with Crippen LogP contribution in [0.25, 0.3) is 5.69 Å². The highest BCUT2D eigenvalue weighted by Gasteiger charge is 2.30. The Kier molecular flexibility index (Phi) is 5.83. The molecule has 0 aliphatic heterocycles. The molecule has 0 spiro atoms. The van der Waals surface area contributed by atoms with Crippen LogP contribution in [0.5, 0.6) is 0 Å². The maximum Gasteiger partial charge on any atom is 0.338 e. The van der Waals surface area contributed by atoms with Gasteiger partial charge in [0.05, 0.1) is 11.3 Å². The zero-order chi connectivity index (χ0) is 19.4. The van der Waals surface area contributed by atoms with Crippen molar-refractivity contribution >= 4 is 11.9 Å². The summed E-state index contributed by atoms with van der Waals surface area (Å²) in [6.45, 7) is 5.97. The van der Waals surface area contributed by atoms with Crippen LogP contribution in [0.3, 0.4) is 0 Å². The van der Waals surface area contributed by atoms with Crippen LogP contribution in [-0.4, -0.2) is 44.2 Å². The Hall–Kier alpha value is -2.77. The SMILES string of the molecule is C[C@@H]1[C@@H](C)CCC[C@H]1NC(=O)[C@@H](C)OC(=O)c1ccc(-n2cnnn2)cc1. The Morgan fingerprint density at radius 3 is 2.63 bits per heavy atom. The molecular formula is C19H25N5O3. The number of carbonyl (C=O) groups is 2. The third-order valence-electron chi connectivity index (χ3n) is 5.40. The normalized spacial score (nSPS) is 23.4. The predicted molar refractivity (Wildman–Crippen MR) is 98.1 cm³/mol. The van der Waals surface area contributed by atoms with Crippen molar-refractivity contribution in [3.05, 3.63) is 36.2 Å². The minimum atomic E-state index is -0.846. The van der Waals surface area contributed by atoms with E-state index in [1.54, 1.807) is 31.2 Å². The minimum Gasteiger partial charge on any atom is -0.449 e. The molecule has 8 nitrogen and oxygen atoms in total. The highest BCUT2D eigenvalue weighted by atomic mass is 16.5. The molecule has 1 heterocycles. The summed E-state index contributed by atoms with van der Waals surface area (Å²) in [4.78, 5) is 24.7. The lowest BCUT2D eigenvalue weighted by atomic mass is 9.78. The summed E-state index contributed by atoms with van der Waals surface area (Å²) in [5.41, 5.74) is 1.09. The Labute approximate surface area is 158 Å². The van der Waals surface area contributed by atoms with E-state index >= 15 is 0 Å². The van der Waals surface area contributed by atoms with Crippen molar-refractivity contribution in [2.45, 2.75) is 52.2 Å². The molecule has 0 radical (unpaired) electrons. The fourth-order valence-corrected chi connectivity index (χ4v) is 3.40. The maximum atomic E-state index is 12.4. The van der Waals surface area contributed by atoms with Crippen molar-refractivity contribution in [2.24, 2.45) is 11.8 Å². The van der Waals surface area contributed by atoms with Gasteiger partial charge in [-0.1, -0.05) is 26.7 Å². The van der Waals surface area contributed by atoms with Gasteiger partial charge in [-0.2, -0.15) is 0 Å². The van der Waals surface area contributed by atoms with E-state index in [9.17, 15) is 9.59 Å². The number of benzene rings is 1. The number of carbonyl (C=O) groups excluding carboxylic acids is 2. The molecule has 3 rings (SSSR count). The molecule has 2 aromatic rings. The lowest BCUT2D eigenvalue weighted by Gasteiger charge is -2.35. The largest absolute Gasteiger partial charge is 0.449 e. The van der Waals surface area contributed by atoms with Crippen LogP contribution in [0, 0.1) is 11.8 Å². The molecular weight excluding hydrogens is 346 g/mol. The van der Waals surface area contributed by atoms with Crippen LogP contribution in [-0.2, 0) is 9.53 Å². The van der Waals surface area contributed by atoms with E-state index in [-0.39, 0.29) is 11.9 Å². The maximum absolute atomic E-state index is 12.4. The number of ether oxygens (including phenoxy) is 1. The van der Waals surface area contributed by atoms with Gasteiger partial charge in [0.15, 0.2) is 6.10 Å². The number of tetrazole rings is 1. The van der Waals surface area contributed by atoms with Gasteiger partial charge in [0, 0.05) is 6.04 Å². The van der Waals surface area contributed by atoms with E-state index in [0.717, 1.165) is 18.5 Å². The first-order valence-corrected chi connectivity index (χ1v) is 9.30. The van der Waals surface area contributed by atoms with Crippen molar-refractivity contribution in [3.63, 3.8) is 0 Å². The number of hydrogen-bond acceptors (Lipinski definition) is 6. The first kappa shape index (κ1) is 19.0. The summed E-state index contributed by atoms with van der Waals surface area (Å²) in [5.74, 6) is 0.218. The topological polar surface area (TPSA) is 99.0 Å². The summed E-state index contributed by atoms with van der Waals surface area (Å²) < 4.78 is 6.82. The van der Waals surface area contributed by atoms with Crippen molar-refractivity contribution in [1.29, 1.82) is 0 Å². The van der Waals surface area contributed by atoms with Gasteiger partial charge in [0.2, 0.25) is 0 Å². The van der Waals surface area contributed by atoms with E-state index in [0.29, 0.717) is 17.4 Å². The lowest BCUT2D eigenvalue weighted by Crippen LogP contribution is -2.47. The van der Waals surface area contributed by atoms with Gasteiger partial charge in [0.25, 0.3) is 5.91 Å². The molecule has 0 saturated heterocycles. The van der Waals surface area contributed by atoms with Crippen LogP contribution < -0.4 is 5.32 Å². The summed E-state index contributed by atoms with van der Waals surface area (Å²) in [7, 11) is 0. The zero-order valence-corrected chi connectivity index (χ0v) is 15.8. The van der Waals surface area contributed by atoms with Gasteiger partial charge in [-0.05, 0) is 59.9 Å². The monoisotopic (exact) mass is 371 g/mol. The minimum absolute atomic E-state index is 0.137. The van der Waals surface area contributed by atoms with E-state index in [1.165, 1.54) is 17.4 Å². The molecule has 144 valence electrons. The van der Waals surface area contributed by atoms with Gasteiger partial charge in [-0.3, -0.25) is 4.79 Å². The van der Waals surface area contributed by atoms with Gasteiger partial charge in [-0.25, -0.2) is 9.48 Å². The highest BCUT2D eigenvalue weighted by molar-refractivity contribution is 5.92. The molecule has 1 saturated carbocycles. The van der Waals surface area contributed by atoms with Crippen LogP contribution >= 0.6 is 0 Å². The third kappa shape index (κ3) is 4.50. The molecule has 1 aliphatic rings. The van der Waals surface area contributed by atoms with E-state index in [4.69, 9.17) is 4.74 Å². The first-order valence-electron chi connectivity index (χ1n) is 9.30. The molecule has 0 bridgehead atoms. The second kappa shape index (κ2) is 8.28. The van der Waals surface area contributed by atoms with Crippen molar-refractivity contribution < 1.29 is 14.3 Å². The molecule has 27 heavy (non-hydrogen) atoms. The number of nitrogens with one attached hydrogen (secondary N) is 1. The number of amides is 1. The van der Waals surface area contributed by atoms with Crippen LogP contribution in [0.15, 0.2) is 30.6 Å². The quantitative estimate of drug-likeness (QED) is 0.809. The summed E-state index contributed by atoms with van der Waals surface area (Å²) in [5, 5.41) is 14.0. The highest BCUT2D eigenvalue weighted by Crippen LogP contribution is 2.29. The number of nitrogens with zero attached hydrogens (tertiary/aromatic N) is 4. The predicted octanol–water partition coefficient (Wildman–Crippen LogP) is 2.15. The third-order valence-corrected chi connectivity index (χ3v) is 5.40. The number of aromatic nitrogens is 4. The van der Waals surface area contributed by atoms with Gasteiger partial charge in [0.1, 0.15) is 6.33 Å². The molecule has 1 amide bonds. The van der Waals surface area contributed by atoms with Crippen molar-refractivity contribution in [1.82, 2.24) is 25.5 Å². The first-order chi connectivity index (χ1) is 13.0. The molecule has 1 aromatic heterocycles. The molecule has 1 aromatic carbocycles. The Bertz CT molecular complexity index is 775. The second-order valence-corrected chi connectivity index (χ2v) is 7.23. The van der Waals surface area contributed by atoms with E-state index < -0.39 is 12.1 Å². The Balaban J connectivity index is 1.56. The van der Waals surface area contributed by atoms with Gasteiger partial charge >= 0.3 is 5.97 Å². The standard InChI is InChI=1S/C19H25N5O3/c1-12-5-4-6-17(13(12)2)21-18(25)14(3)27-19(26)15-7-9-16(10-8-15)24-11-20-22-23-24/h7-14,17H,4-6H2,1-3H3,(H,21,25)/t12-,13+,14+,17+/m0/s1.